The van der Waals surface area contributed by atoms with Crippen LogP contribution in [0.5, 0.6) is 5.75 Å². The Balaban J connectivity index is 1.81. The summed E-state index contributed by atoms with van der Waals surface area (Å²) in [6.45, 7) is 1.31. The van der Waals surface area contributed by atoms with Gasteiger partial charge in [0.15, 0.2) is 6.61 Å². The number of hydrazine groups is 1. The summed E-state index contributed by atoms with van der Waals surface area (Å²) in [7, 11) is 0. The van der Waals surface area contributed by atoms with E-state index in [9.17, 15) is 9.59 Å². The van der Waals surface area contributed by atoms with Crippen molar-refractivity contribution in [2.24, 2.45) is 0 Å². The topological polar surface area (TPSA) is 117 Å². The minimum absolute atomic E-state index is 0.0199. The Morgan fingerprint density at radius 2 is 2.14 bits per heavy atom. The number of carbonyl (C=O) groups is 2. The molecule has 1 heterocycles. The lowest BCUT2D eigenvalue weighted by atomic mass is 10.2. The average molecular weight is 300 g/mol. The number of aryl methyl sites for hydroxylation is 1. The van der Waals surface area contributed by atoms with E-state index in [2.05, 4.69) is 16.0 Å². The van der Waals surface area contributed by atoms with Crippen LogP contribution >= 0.6 is 0 Å². The largest absolute Gasteiger partial charge is 0.482 e. The van der Waals surface area contributed by atoms with E-state index in [4.69, 9.17) is 14.5 Å². The van der Waals surface area contributed by atoms with Gasteiger partial charge in [-0.05, 0) is 19.1 Å². The Kier molecular flexibility index (Phi) is 4.72. The predicted molar refractivity (Wildman–Crippen MR) is 73.5 cm³/mol. The van der Waals surface area contributed by atoms with E-state index in [1.54, 1.807) is 31.2 Å². The first-order chi connectivity index (χ1) is 10.6. The summed E-state index contributed by atoms with van der Waals surface area (Å²) < 4.78 is 9.95. The van der Waals surface area contributed by atoms with Crippen LogP contribution in [0.2, 0.25) is 0 Å². The number of ether oxygens (including phenoxy) is 1. The van der Waals surface area contributed by atoms with Crippen LogP contribution in [0.15, 0.2) is 34.9 Å². The van der Waals surface area contributed by atoms with Crippen LogP contribution in [0.3, 0.4) is 0 Å². The van der Waals surface area contributed by atoms with Gasteiger partial charge in [0.25, 0.3) is 5.91 Å². The number of nitrogens with zero attached hydrogens (tertiary/aromatic N) is 2. The van der Waals surface area contributed by atoms with Gasteiger partial charge in [-0.25, -0.2) is 0 Å². The number of hydrogen-bond donors (Lipinski definition) is 2. The monoisotopic (exact) mass is 300 g/mol. The molecular formula is C14H12N4O4. The van der Waals surface area contributed by atoms with Crippen molar-refractivity contribution in [2.75, 3.05) is 6.61 Å². The zero-order valence-corrected chi connectivity index (χ0v) is 11.6. The Morgan fingerprint density at radius 1 is 1.36 bits per heavy atom. The van der Waals surface area contributed by atoms with Crippen LogP contribution in [-0.2, 0) is 4.79 Å². The van der Waals surface area contributed by atoms with Crippen molar-refractivity contribution >= 4 is 11.8 Å². The van der Waals surface area contributed by atoms with E-state index in [1.165, 1.54) is 6.07 Å². The molecule has 0 radical (unpaired) electrons. The molecule has 8 heteroatoms. The number of nitriles is 1. The van der Waals surface area contributed by atoms with E-state index in [1.807, 2.05) is 6.07 Å². The molecule has 2 aromatic rings. The lowest BCUT2D eigenvalue weighted by molar-refractivity contribution is -0.123. The Labute approximate surface area is 125 Å². The van der Waals surface area contributed by atoms with Gasteiger partial charge in [-0.1, -0.05) is 17.3 Å². The minimum atomic E-state index is -0.633. The Bertz CT molecular complexity index is 732. The van der Waals surface area contributed by atoms with Crippen LogP contribution < -0.4 is 15.6 Å². The lowest BCUT2D eigenvalue weighted by Crippen LogP contribution is -2.43. The fraction of sp³-hybridized carbons (Fsp3) is 0.143. The first kappa shape index (κ1) is 15.1. The number of benzene rings is 1. The molecule has 0 bridgehead atoms. The number of aromatic nitrogens is 1. The summed E-state index contributed by atoms with van der Waals surface area (Å²) in [5.74, 6) is -0.949. The molecule has 2 rings (SSSR count). The first-order valence-electron chi connectivity index (χ1n) is 6.24. The maximum atomic E-state index is 11.6. The van der Waals surface area contributed by atoms with E-state index in [-0.39, 0.29) is 18.1 Å². The fourth-order valence-corrected chi connectivity index (χ4v) is 1.52. The normalized spacial score (nSPS) is 9.64. The third kappa shape index (κ3) is 3.83. The molecule has 22 heavy (non-hydrogen) atoms. The molecule has 1 aromatic carbocycles. The van der Waals surface area contributed by atoms with E-state index >= 15 is 0 Å². The molecule has 0 saturated carbocycles. The highest BCUT2D eigenvalue weighted by molar-refractivity contribution is 5.93. The number of hydrogen-bond acceptors (Lipinski definition) is 6. The zero-order valence-electron chi connectivity index (χ0n) is 11.6. The highest BCUT2D eigenvalue weighted by Crippen LogP contribution is 2.15. The second kappa shape index (κ2) is 6.90. The van der Waals surface area contributed by atoms with Crippen molar-refractivity contribution in [3.63, 3.8) is 0 Å². The summed E-state index contributed by atoms with van der Waals surface area (Å²) in [5.41, 5.74) is 5.19. The number of amides is 2. The highest BCUT2D eigenvalue weighted by atomic mass is 16.5. The maximum absolute atomic E-state index is 11.6. The van der Waals surface area contributed by atoms with Crippen molar-refractivity contribution in [1.82, 2.24) is 16.0 Å². The zero-order chi connectivity index (χ0) is 15.9. The maximum Gasteiger partial charge on any atom is 0.308 e. The Hall–Kier alpha value is -3.34. The smallest absolute Gasteiger partial charge is 0.308 e. The molecule has 8 nitrogen and oxygen atoms in total. The molecule has 2 N–H and O–H groups in total. The van der Waals surface area contributed by atoms with Gasteiger partial charge in [0.2, 0.25) is 5.76 Å². The van der Waals surface area contributed by atoms with Crippen LogP contribution in [0.4, 0.5) is 0 Å². The summed E-state index contributed by atoms with van der Waals surface area (Å²) in [4.78, 5) is 23.2. The molecule has 2 amide bonds. The van der Waals surface area contributed by atoms with E-state index < -0.39 is 11.8 Å². The Morgan fingerprint density at radius 3 is 2.82 bits per heavy atom. The van der Waals surface area contributed by atoms with Gasteiger partial charge < -0.3 is 9.26 Å². The summed E-state index contributed by atoms with van der Waals surface area (Å²) in [6, 6.07) is 9.89. The van der Waals surface area contributed by atoms with Crippen LogP contribution in [0.25, 0.3) is 0 Å². The van der Waals surface area contributed by atoms with Crippen molar-refractivity contribution in [3.05, 3.63) is 47.3 Å². The SMILES string of the molecule is Cc1cc(C(=O)NNC(=O)COc2ccccc2C#N)on1. The van der Waals surface area contributed by atoms with Gasteiger partial charge in [-0.2, -0.15) is 5.26 Å². The first-order valence-corrected chi connectivity index (χ1v) is 6.24. The van der Waals surface area contributed by atoms with Gasteiger partial charge in [-0.3, -0.25) is 20.4 Å². The second-order valence-corrected chi connectivity index (χ2v) is 4.23. The molecule has 0 aliphatic carbocycles. The molecule has 0 atom stereocenters. The molecule has 0 unspecified atom stereocenters. The molecule has 0 aliphatic heterocycles. The van der Waals surface area contributed by atoms with E-state index in [0.717, 1.165) is 0 Å². The second-order valence-electron chi connectivity index (χ2n) is 4.23. The van der Waals surface area contributed by atoms with Crippen molar-refractivity contribution < 1.29 is 18.8 Å². The van der Waals surface area contributed by atoms with Gasteiger partial charge in [0.05, 0.1) is 11.3 Å². The van der Waals surface area contributed by atoms with Gasteiger partial charge in [0, 0.05) is 6.07 Å². The molecule has 112 valence electrons. The summed E-state index contributed by atoms with van der Waals surface area (Å²) in [5, 5.41) is 12.4. The number of carbonyl (C=O) groups excluding carboxylic acids is 2. The van der Waals surface area contributed by atoms with Crippen LogP contribution in [-0.4, -0.2) is 23.6 Å². The molecule has 0 saturated heterocycles. The number of nitrogens with one attached hydrogen (secondary N) is 2. The number of rotatable bonds is 4. The lowest BCUT2D eigenvalue weighted by Gasteiger charge is -2.08. The van der Waals surface area contributed by atoms with Gasteiger partial charge in [0.1, 0.15) is 11.8 Å². The summed E-state index contributed by atoms with van der Waals surface area (Å²) in [6.07, 6.45) is 0. The molecular weight excluding hydrogens is 288 g/mol. The van der Waals surface area contributed by atoms with E-state index in [0.29, 0.717) is 11.3 Å². The van der Waals surface area contributed by atoms with Crippen LogP contribution in [0, 0.1) is 18.3 Å². The van der Waals surface area contributed by atoms with Crippen molar-refractivity contribution in [1.29, 1.82) is 5.26 Å². The third-order valence-corrected chi connectivity index (χ3v) is 2.53. The third-order valence-electron chi connectivity index (χ3n) is 2.53. The predicted octanol–water partition coefficient (Wildman–Crippen LogP) is 0.695. The molecule has 0 aliphatic rings. The van der Waals surface area contributed by atoms with Gasteiger partial charge >= 0.3 is 5.91 Å². The standard InChI is InChI=1S/C14H12N4O4/c1-9-6-12(22-18-9)14(20)17-16-13(19)8-21-11-5-3-2-4-10(11)7-15/h2-6H,8H2,1H3,(H,16,19)(H,17,20). The van der Waals surface area contributed by atoms with Crippen molar-refractivity contribution in [2.45, 2.75) is 6.92 Å². The van der Waals surface area contributed by atoms with Crippen LogP contribution in [0.1, 0.15) is 21.8 Å². The number of para-hydroxylation sites is 1. The van der Waals surface area contributed by atoms with Crippen molar-refractivity contribution in [3.8, 4) is 11.8 Å². The molecule has 0 spiro atoms. The highest BCUT2D eigenvalue weighted by Gasteiger charge is 2.13. The molecule has 0 fully saturated rings. The summed E-state index contributed by atoms with van der Waals surface area (Å²) >= 11 is 0. The molecule has 1 aromatic heterocycles. The fourth-order valence-electron chi connectivity index (χ4n) is 1.52. The quantitative estimate of drug-likeness (QED) is 0.802. The minimum Gasteiger partial charge on any atom is -0.482 e. The average Bonchev–Trinajstić information content (AvgIpc) is 2.97. The van der Waals surface area contributed by atoms with Gasteiger partial charge in [-0.15, -0.1) is 0 Å².